The van der Waals surface area contributed by atoms with Crippen LogP contribution in [0.15, 0.2) is 169 Å². The van der Waals surface area contributed by atoms with Gasteiger partial charge in [-0.3, -0.25) is 9.59 Å². The number of nitrogens with zero attached hydrogens (tertiary/aromatic N) is 5. The maximum atomic E-state index is 12.5. The van der Waals surface area contributed by atoms with Gasteiger partial charge in [-0.1, -0.05) is 110 Å². The number of para-hydroxylation sites is 6. The molecule has 0 amide bonds. The molecule has 0 aliphatic heterocycles. The smallest absolute Gasteiger partial charge is 0.463 e. The first-order valence-corrected chi connectivity index (χ1v) is 31.2. The predicted molar refractivity (Wildman–Crippen MR) is 336 cm³/mol. The number of hydrogen-bond donors (Lipinski definition) is 3. The van der Waals surface area contributed by atoms with Crippen LogP contribution in [-0.4, -0.2) is 93.3 Å². The number of aliphatic hydroxyl groups excluding tert-OH is 1. The number of hydrogen-bond acceptors (Lipinski definition) is 20. The second-order valence-electron chi connectivity index (χ2n) is 21.7. The van der Waals surface area contributed by atoms with Gasteiger partial charge in [0.2, 0.25) is 0 Å². The molecule has 6 aromatic carbocycles. The monoisotopic (exact) mass is 1580 g/mol. The highest BCUT2D eigenvalue weighted by Crippen LogP contribution is 2.49. The molecule has 3 aliphatic carbocycles. The fourth-order valence-corrected chi connectivity index (χ4v) is 9.75. The zero-order valence-corrected chi connectivity index (χ0v) is 55.2. The highest BCUT2D eigenvalue weighted by Gasteiger charge is 2.40. The number of ether oxygens (including phenoxy) is 7. The normalized spacial score (nSPS) is 13.8. The zero-order chi connectivity index (χ0) is 78.5. The van der Waals surface area contributed by atoms with Gasteiger partial charge in [-0.25, -0.2) is 0 Å². The van der Waals surface area contributed by atoms with Gasteiger partial charge in [0.25, 0.3) is 6.47 Å². The summed E-state index contributed by atoms with van der Waals surface area (Å²) >= 11 is 11.3. The predicted octanol–water partition coefficient (Wildman–Crippen LogP) is 20.0. The molecule has 12 rings (SSSR count). The standard InChI is InChI=1S/C15H12F3NO4.C14H11ClF3NO2.C14H12F3NO3.C8H5ClF3NO2.C8H6F3NO2.C8H5F3O2/c16-15(17,18)22-12-4-2-1-3-10(12)13-11(7-21-8-20)14(23-19-13)9-5-6-9;15-7-10-12(19-21-13(10)8-5-6-8)9-3-1-2-4-11(9)20-14(16,17)18;15-14(16,17)20-11-4-2-1-3-9(11)12-10(7-19)13(21-18-12)8-5-6-8;9-7(13-14)5-3-1-2-4-6(5)15-8(10,11)12;9-8(10,11)14-7-4-2-1-3-6(7)5-12-13;9-8(10,11)13-7-4-2-1-3-6(7)5-12/h1-4,8-9H,5-7H2;1-4,8H,5-7H2;1-4,8,19H,5-7H2;1-4,14H;1-5,13H;1-5H/b;;;13-7-;12-5+;. The van der Waals surface area contributed by atoms with E-state index in [4.69, 9.17) is 51.9 Å². The zero-order valence-electron chi connectivity index (χ0n) is 53.7. The number of halogens is 20. The van der Waals surface area contributed by atoms with Crippen LogP contribution in [0.25, 0.3) is 33.8 Å². The molecule has 40 heteroatoms. The molecule has 3 aromatic heterocycles. The van der Waals surface area contributed by atoms with Gasteiger partial charge >= 0.3 is 38.2 Å². The van der Waals surface area contributed by atoms with Crippen LogP contribution in [0, 0.1) is 0 Å². The third-order valence-electron chi connectivity index (χ3n) is 14.0. The highest BCUT2D eigenvalue weighted by atomic mass is 35.5. The van der Waals surface area contributed by atoms with Crippen LogP contribution in [0.4, 0.5) is 79.0 Å². The van der Waals surface area contributed by atoms with E-state index in [-0.39, 0.29) is 105 Å². The average molecular weight is 1580 g/mol. The lowest BCUT2D eigenvalue weighted by Gasteiger charge is -2.12. The maximum absolute atomic E-state index is 12.5. The summed E-state index contributed by atoms with van der Waals surface area (Å²) in [4.78, 5) is 20.7. The van der Waals surface area contributed by atoms with Crippen molar-refractivity contribution < 1.29 is 151 Å². The molecule has 0 bridgehead atoms. The molecule has 0 saturated heterocycles. The van der Waals surface area contributed by atoms with Crippen molar-refractivity contribution in [2.75, 3.05) is 0 Å². The second kappa shape index (κ2) is 36.9. The summed E-state index contributed by atoms with van der Waals surface area (Å²) in [7, 11) is 0. The molecular weight excluding hydrogens is 1530 g/mol. The molecule has 0 atom stereocenters. The lowest BCUT2D eigenvalue weighted by molar-refractivity contribution is -0.275. The van der Waals surface area contributed by atoms with Crippen LogP contribution >= 0.6 is 23.2 Å². The fraction of sp³-hybridized carbons (Fsp3) is 0.269. The molecule has 0 radical (unpaired) electrons. The van der Waals surface area contributed by atoms with Gasteiger partial charge in [0.05, 0.1) is 35.4 Å². The molecule has 9 aromatic rings. The average Bonchev–Trinajstić information content (AvgIpc) is 1.64. The van der Waals surface area contributed by atoms with E-state index in [0.717, 1.165) is 62.9 Å². The van der Waals surface area contributed by atoms with Crippen molar-refractivity contribution in [3.63, 3.8) is 0 Å². The molecular formula is C67H51Cl2F18N5O15. The van der Waals surface area contributed by atoms with Crippen LogP contribution in [0.5, 0.6) is 34.5 Å². The van der Waals surface area contributed by atoms with Gasteiger partial charge in [-0.05, 0) is 111 Å². The summed E-state index contributed by atoms with van der Waals surface area (Å²) in [6, 6.07) is 32.7. The number of aliphatic hydroxyl groups is 1. The minimum absolute atomic E-state index is 0.0484. The van der Waals surface area contributed by atoms with Crippen molar-refractivity contribution in [2.24, 2.45) is 10.3 Å². The van der Waals surface area contributed by atoms with Gasteiger partial charge in [-0.15, -0.1) is 90.6 Å². The lowest BCUT2D eigenvalue weighted by atomic mass is 10.0. The fourth-order valence-electron chi connectivity index (χ4n) is 9.33. The van der Waals surface area contributed by atoms with Crippen LogP contribution < -0.4 is 28.4 Å². The largest absolute Gasteiger partial charge is 0.573 e. The quantitative estimate of drug-likeness (QED) is 0.0160. The van der Waals surface area contributed by atoms with Gasteiger partial charge < -0.3 is 62.2 Å². The number of carbonyl (C=O) groups is 2. The first-order valence-electron chi connectivity index (χ1n) is 30.2. The summed E-state index contributed by atoms with van der Waals surface area (Å²) in [5.41, 5.74) is 2.51. The first kappa shape index (κ1) is 83.4. The molecule has 3 fully saturated rings. The highest BCUT2D eigenvalue weighted by molar-refractivity contribution is 6.69. The van der Waals surface area contributed by atoms with E-state index < -0.39 is 60.6 Å². The summed E-state index contributed by atoms with van der Waals surface area (Å²) in [6.07, 6.45) is -21.9. The van der Waals surface area contributed by atoms with E-state index in [9.17, 15) is 93.7 Å². The molecule has 107 heavy (non-hydrogen) atoms. The Morgan fingerprint density at radius 1 is 0.439 bits per heavy atom. The van der Waals surface area contributed by atoms with Gasteiger partial charge in [0, 0.05) is 51.1 Å². The summed E-state index contributed by atoms with van der Waals surface area (Å²) in [5.74, 6) is 0.0584. The van der Waals surface area contributed by atoms with Gasteiger partial charge in [0.1, 0.15) is 75.5 Å². The van der Waals surface area contributed by atoms with Gasteiger partial charge in [0.15, 0.2) is 11.5 Å². The van der Waals surface area contributed by atoms with Crippen molar-refractivity contribution in [3.8, 4) is 68.3 Å². The Hall–Kier alpha value is -10.9. The Morgan fingerprint density at radius 3 is 1.10 bits per heavy atom. The topological polar surface area (TPSA) is 262 Å². The van der Waals surface area contributed by atoms with E-state index in [1.54, 1.807) is 18.2 Å². The second-order valence-corrected chi connectivity index (χ2v) is 22.4. The van der Waals surface area contributed by atoms with E-state index in [0.29, 0.717) is 46.0 Å². The molecule has 3 saturated carbocycles. The number of carbonyl (C=O) groups excluding carboxylic acids is 2. The van der Waals surface area contributed by atoms with Crippen molar-refractivity contribution in [2.45, 2.75) is 114 Å². The van der Waals surface area contributed by atoms with Crippen LogP contribution in [0.1, 0.15) is 112 Å². The van der Waals surface area contributed by atoms with Crippen molar-refractivity contribution in [1.82, 2.24) is 15.5 Å². The van der Waals surface area contributed by atoms with Crippen LogP contribution in [0.3, 0.4) is 0 Å². The van der Waals surface area contributed by atoms with E-state index in [1.807, 2.05) is 0 Å². The number of alkyl halides is 19. The Bertz CT molecular complexity index is 4320. The Balaban J connectivity index is 0.000000181. The summed E-state index contributed by atoms with van der Waals surface area (Å²) in [6.45, 7) is -0.189. The number of oxime groups is 2. The third-order valence-corrected chi connectivity index (χ3v) is 14.6. The molecule has 3 N–H and O–H groups in total. The van der Waals surface area contributed by atoms with E-state index in [1.165, 1.54) is 109 Å². The summed E-state index contributed by atoms with van der Waals surface area (Å²) in [5, 5.41) is 42.3. The minimum atomic E-state index is -4.82. The Kier molecular flexibility index (Phi) is 28.7. The van der Waals surface area contributed by atoms with Crippen LogP contribution in [-0.2, 0) is 28.6 Å². The third kappa shape index (κ3) is 26.6. The van der Waals surface area contributed by atoms with E-state index in [2.05, 4.69) is 54.2 Å². The number of aldehydes is 1. The number of benzene rings is 6. The van der Waals surface area contributed by atoms with Crippen molar-refractivity contribution >= 4 is 47.3 Å². The minimum Gasteiger partial charge on any atom is -0.463 e. The molecule has 0 spiro atoms. The lowest BCUT2D eigenvalue weighted by Crippen LogP contribution is -2.18. The molecule has 20 nitrogen and oxygen atoms in total. The first-order chi connectivity index (χ1) is 50.5. The van der Waals surface area contributed by atoms with Crippen LogP contribution in [0.2, 0.25) is 0 Å². The molecule has 3 heterocycles. The molecule has 0 unspecified atom stereocenters. The Morgan fingerprint density at radius 2 is 0.748 bits per heavy atom. The SMILES string of the molecule is FC(F)(F)Oc1ccccc1-c1noc(C2CC2)c1CCl.O/N=C(\Cl)c1ccccc1OC(F)(F)F.O/N=C/c1ccccc1OC(F)(F)F.O=COCc1c(-c2ccccc2OC(F)(F)F)noc1C1CC1.O=Cc1ccccc1OC(F)(F)F.OCc1c(-c2ccccc2OC(F)(F)F)noc1C1CC1. The molecule has 574 valence electrons. The molecule has 3 aliphatic rings. The number of aromatic nitrogens is 3. The summed E-state index contributed by atoms with van der Waals surface area (Å²) < 4.78 is 262. The Labute approximate surface area is 600 Å². The maximum Gasteiger partial charge on any atom is 0.573 e. The van der Waals surface area contributed by atoms with Crippen molar-refractivity contribution in [1.29, 1.82) is 0 Å². The van der Waals surface area contributed by atoms with E-state index >= 15 is 0 Å². The van der Waals surface area contributed by atoms with Gasteiger partial charge in [-0.2, -0.15) is 0 Å². The van der Waals surface area contributed by atoms with Crippen molar-refractivity contribution in [3.05, 3.63) is 196 Å². The number of rotatable bonds is 20.